The van der Waals surface area contributed by atoms with Crippen molar-refractivity contribution in [2.45, 2.75) is 25.5 Å². The molecule has 1 aromatic rings. The molecule has 0 fully saturated rings. The SMILES string of the molecule is Cc1cccc(C)c1CC(S)C(=O)O. The van der Waals surface area contributed by atoms with E-state index in [1.807, 2.05) is 32.0 Å². The Morgan fingerprint density at radius 3 is 2.36 bits per heavy atom. The normalized spacial score (nSPS) is 12.5. The minimum absolute atomic E-state index is 0.483. The monoisotopic (exact) mass is 210 g/mol. The molecule has 0 radical (unpaired) electrons. The summed E-state index contributed by atoms with van der Waals surface area (Å²) in [6.07, 6.45) is 0.483. The van der Waals surface area contributed by atoms with Crippen LogP contribution in [0.15, 0.2) is 18.2 Å². The molecule has 0 spiro atoms. The van der Waals surface area contributed by atoms with E-state index in [0.717, 1.165) is 16.7 Å². The van der Waals surface area contributed by atoms with Gasteiger partial charge in [-0.1, -0.05) is 18.2 Å². The molecule has 0 aromatic heterocycles. The zero-order valence-corrected chi connectivity index (χ0v) is 9.21. The van der Waals surface area contributed by atoms with Gasteiger partial charge >= 0.3 is 5.97 Å². The number of aliphatic carboxylic acids is 1. The van der Waals surface area contributed by atoms with Crippen LogP contribution in [0.4, 0.5) is 0 Å². The summed E-state index contributed by atoms with van der Waals surface area (Å²) >= 11 is 4.03. The first-order valence-electron chi connectivity index (χ1n) is 4.48. The van der Waals surface area contributed by atoms with E-state index in [4.69, 9.17) is 5.11 Å². The maximum atomic E-state index is 10.6. The molecule has 0 saturated heterocycles. The lowest BCUT2D eigenvalue weighted by atomic mass is 9.98. The lowest BCUT2D eigenvalue weighted by Gasteiger charge is -2.11. The molecule has 0 aliphatic rings. The number of aryl methyl sites for hydroxylation is 2. The molecule has 0 amide bonds. The van der Waals surface area contributed by atoms with Gasteiger partial charge in [-0.25, -0.2) is 0 Å². The molecule has 0 saturated carbocycles. The van der Waals surface area contributed by atoms with E-state index in [2.05, 4.69) is 12.6 Å². The van der Waals surface area contributed by atoms with E-state index in [0.29, 0.717) is 6.42 Å². The molecule has 0 aliphatic heterocycles. The first kappa shape index (κ1) is 11.1. The van der Waals surface area contributed by atoms with Crippen LogP contribution in [0.3, 0.4) is 0 Å². The van der Waals surface area contributed by atoms with Gasteiger partial charge in [0.1, 0.15) is 5.25 Å². The van der Waals surface area contributed by atoms with Gasteiger partial charge in [-0.2, -0.15) is 12.6 Å². The van der Waals surface area contributed by atoms with E-state index in [-0.39, 0.29) is 0 Å². The molecule has 1 N–H and O–H groups in total. The van der Waals surface area contributed by atoms with E-state index in [1.54, 1.807) is 0 Å². The number of thiol groups is 1. The maximum Gasteiger partial charge on any atom is 0.316 e. The van der Waals surface area contributed by atoms with Gasteiger partial charge < -0.3 is 5.11 Å². The molecule has 1 aromatic carbocycles. The molecule has 2 nitrogen and oxygen atoms in total. The molecular formula is C11H14O2S. The zero-order chi connectivity index (χ0) is 10.7. The molecule has 3 heteroatoms. The van der Waals surface area contributed by atoms with Crippen LogP contribution in [0.2, 0.25) is 0 Å². The summed E-state index contributed by atoms with van der Waals surface area (Å²) in [6.45, 7) is 3.98. The molecule has 0 bridgehead atoms. The van der Waals surface area contributed by atoms with Crippen molar-refractivity contribution >= 4 is 18.6 Å². The number of hydrogen-bond donors (Lipinski definition) is 2. The second-order valence-corrected chi connectivity index (χ2v) is 4.05. The minimum atomic E-state index is -0.865. The largest absolute Gasteiger partial charge is 0.480 e. The molecule has 14 heavy (non-hydrogen) atoms. The van der Waals surface area contributed by atoms with Crippen LogP contribution in [0.25, 0.3) is 0 Å². The van der Waals surface area contributed by atoms with Gasteiger partial charge in [0.15, 0.2) is 0 Å². The second kappa shape index (κ2) is 4.51. The third kappa shape index (κ3) is 2.51. The molecule has 1 unspecified atom stereocenters. The van der Waals surface area contributed by atoms with Crippen LogP contribution in [0, 0.1) is 13.8 Å². The Kier molecular flexibility index (Phi) is 3.58. The molecule has 0 heterocycles. The highest BCUT2D eigenvalue weighted by atomic mass is 32.1. The number of hydrogen-bond acceptors (Lipinski definition) is 2. The summed E-state index contributed by atoms with van der Waals surface area (Å²) in [5.74, 6) is -0.865. The Hall–Kier alpha value is -0.960. The Balaban J connectivity index is 2.91. The zero-order valence-electron chi connectivity index (χ0n) is 8.32. The van der Waals surface area contributed by atoms with Gasteiger partial charge in [-0.05, 0) is 37.0 Å². The molecular weight excluding hydrogens is 196 g/mol. The fourth-order valence-electron chi connectivity index (χ4n) is 1.45. The first-order chi connectivity index (χ1) is 6.52. The second-order valence-electron chi connectivity index (χ2n) is 3.43. The Morgan fingerprint density at radius 2 is 1.93 bits per heavy atom. The van der Waals surface area contributed by atoms with Gasteiger partial charge in [0.2, 0.25) is 0 Å². The van der Waals surface area contributed by atoms with E-state index in [1.165, 1.54) is 0 Å². The highest BCUT2D eigenvalue weighted by Crippen LogP contribution is 2.17. The smallest absolute Gasteiger partial charge is 0.316 e. The first-order valence-corrected chi connectivity index (χ1v) is 5.00. The number of carbonyl (C=O) groups is 1. The molecule has 1 atom stereocenters. The van der Waals surface area contributed by atoms with Crippen LogP contribution in [-0.2, 0) is 11.2 Å². The average Bonchev–Trinajstić information content (AvgIpc) is 2.11. The van der Waals surface area contributed by atoms with Crippen molar-refractivity contribution in [1.82, 2.24) is 0 Å². The summed E-state index contributed by atoms with van der Waals surface area (Å²) in [6, 6.07) is 5.96. The molecule has 1 rings (SSSR count). The van der Waals surface area contributed by atoms with Crippen LogP contribution >= 0.6 is 12.6 Å². The number of carboxylic acids is 1. The Bertz CT molecular complexity index is 327. The third-order valence-corrected chi connectivity index (χ3v) is 2.73. The van der Waals surface area contributed by atoms with Crippen molar-refractivity contribution in [3.63, 3.8) is 0 Å². The van der Waals surface area contributed by atoms with Crippen molar-refractivity contribution in [3.05, 3.63) is 34.9 Å². The van der Waals surface area contributed by atoms with Crippen molar-refractivity contribution in [3.8, 4) is 0 Å². The van der Waals surface area contributed by atoms with Crippen LogP contribution in [-0.4, -0.2) is 16.3 Å². The summed E-state index contributed by atoms with van der Waals surface area (Å²) in [5, 5.41) is 8.13. The van der Waals surface area contributed by atoms with E-state index >= 15 is 0 Å². The van der Waals surface area contributed by atoms with Crippen molar-refractivity contribution in [2.24, 2.45) is 0 Å². The van der Waals surface area contributed by atoms with Crippen LogP contribution < -0.4 is 0 Å². The maximum absolute atomic E-state index is 10.6. The number of rotatable bonds is 3. The topological polar surface area (TPSA) is 37.3 Å². The van der Waals surface area contributed by atoms with Crippen molar-refractivity contribution in [2.75, 3.05) is 0 Å². The third-order valence-electron chi connectivity index (χ3n) is 2.33. The average molecular weight is 210 g/mol. The molecule has 76 valence electrons. The summed E-state index contributed by atoms with van der Waals surface area (Å²) in [5.41, 5.74) is 3.35. The van der Waals surface area contributed by atoms with Crippen LogP contribution in [0.1, 0.15) is 16.7 Å². The lowest BCUT2D eigenvalue weighted by molar-refractivity contribution is -0.136. The van der Waals surface area contributed by atoms with Crippen LogP contribution in [0.5, 0.6) is 0 Å². The fourth-order valence-corrected chi connectivity index (χ4v) is 1.63. The summed E-state index contributed by atoms with van der Waals surface area (Å²) in [7, 11) is 0. The summed E-state index contributed by atoms with van der Waals surface area (Å²) < 4.78 is 0. The highest BCUT2D eigenvalue weighted by Gasteiger charge is 2.14. The Morgan fingerprint density at radius 1 is 1.43 bits per heavy atom. The predicted molar refractivity (Wildman–Crippen MR) is 60.0 cm³/mol. The van der Waals surface area contributed by atoms with Crippen molar-refractivity contribution in [1.29, 1.82) is 0 Å². The van der Waals surface area contributed by atoms with Gasteiger partial charge in [-0.3, -0.25) is 4.79 Å². The quantitative estimate of drug-likeness (QED) is 0.751. The minimum Gasteiger partial charge on any atom is -0.480 e. The van der Waals surface area contributed by atoms with Gasteiger partial charge in [0.25, 0.3) is 0 Å². The Labute approximate surface area is 89.4 Å². The lowest BCUT2D eigenvalue weighted by Crippen LogP contribution is -2.17. The highest BCUT2D eigenvalue weighted by molar-refractivity contribution is 7.81. The predicted octanol–water partition coefficient (Wildman–Crippen LogP) is 2.23. The summed E-state index contributed by atoms with van der Waals surface area (Å²) in [4.78, 5) is 10.6. The van der Waals surface area contributed by atoms with E-state index < -0.39 is 11.2 Å². The number of benzene rings is 1. The van der Waals surface area contributed by atoms with Gasteiger partial charge in [0.05, 0.1) is 0 Å². The van der Waals surface area contributed by atoms with E-state index in [9.17, 15) is 4.79 Å². The van der Waals surface area contributed by atoms with Crippen molar-refractivity contribution < 1.29 is 9.90 Å². The number of carboxylic acid groups (broad SMARTS) is 1. The van der Waals surface area contributed by atoms with Gasteiger partial charge in [0, 0.05) is 0 Å². The fraction of sp³-hybridized carbons (Fsp3) is 0.364. The standard InChI is InChI=1S/C11H14O2S/c1-7-4-3-5-8(2)9(7)6-10(14)11(12)13/h3-5,10,14H,6H2,1-2H3,(H,12,13). The van der Waals surface area contributed by atoms with Gasteiger partial charge in [-0.15, -0.1) is 0 Å². The molecule has 0 aliphatic carbocycles.